The molecule has 1 N–H and O–H groups in total. The molecular weight excluding hydrogens is 431 g/mol. The number of halogens is 2. The summed E-state index contributed by atoms with van der Waals surface area (Å²) in [7, 11) is 0. The van der Waals surface area contributed by atoms with E-state index in [2.05, 4.69) is 25.4 Å². The molecule has 0 aliphatic rings. The fourth-order valence-corrected chi connectivity index (χ4v) is 3.79. The van der Waals surface area contributed by atoms with E-state index in [-0.39, 0.29) is 17.5 Å². The summed E-state index contributed by atoms with van der Waals surface area (Å²) in [6, 6.07) is 9.69. The minimum Gasteiger partial charge on any atom is -0.309 e. The molecule has 146 valence electrons. The zero-order valence-electron chi connectivity index (χ0n) is 15.1. The van der Waals surface area contributed by atoms with E-state index >= 15 is 0 Å². The van der Waals surface area contributed by atoms with Gasteiger partial charge in [-0.3, -0.25) is 4.79 Å². The van der Waals surface area contributed by atoms with Crippen molar-refractivity contribution in [1.29, 1.82) is 0 Å². The van der Waals surface area contributed by atoms with Gasteiger partial charge in [0.2, 0.25) is 5.91 Å². The Bertz CT molecular complexity index is 1200. The number of hydrogen-bond donors (Lipinski definition) is 1. The lowest BCUT2D eigenvalue weighted by molar-refractivity contribution is -0.113. The van der Waals surface area contributed by atoms with E-state index in [1.54, 1.807) is 17.8 Å². The molecule has 0 bridgehead atoms. The number of benzene rings is 1. The molecular formula is C19H14Cl2N6OS. The Labute approximate surface area is 180 Å². The molecule has 0 aliphatic heterocycles. The van der Waals surface area contributed by atoms with E-state index in [4.69, 9.17) is 23.2 Å². The Kier molecular flexibility index (Phi) is 5.66. The summed E-state index contributed by atoms with van der Waals surface area (Å²) in [6.07, 6.45) is 4.62. The molecule has 1 amide bonds. The van der Waals surface area contributed by atoms with E-state index < -0.39 is 0 Å². The summed E-state index contributed by atoms with van der Waals surface area (Å²) in [6.45, 7) is 1.76. The smallest absolute Gasteiger partial charge is 0.235 e. The Balaban J connectivity index is 1.51. The molecule has 0 saturated heterocycles. The Morgan fingerprint density at radius 1 is 1.14 bits per heavy atom. The van der Waals surface area contributed by atoms with Crippen LogP contribution >= 0.6 is 35.0 Å². The normalized spacial score (nSPS) is 11.0. The van der Waals surface area contributed by atoms with Crippen molar-refractivity contribution in [2.24, 2.45) is 0 Å². The van der Waals surface area contributed by atoms with Crippen molar-refractivity contribution in [3.63, 3.8) is 0 Å². The zero-order valence-corrected chi connectivity index (χ0v) is 17.5. The van der Waals surface area contributed by atoms with Crippen LogP contribution in [0.2, 0.25) is 10.0 Å². The average Bonchev–Trinajstić information content (AvgIpc) is 3.18. The molecule has 0 radical (unpaired) electrons. The molecule has 29 heavy (non-hydrogen) atoms. The summed E-state index contributed by atoms with van der Waals surface area (Å²) >= 11 is 13.5. The van der Waals surface area contributed by atoms with Crippen LogP contribution in [0.1, 0.15) is 5.56 Å². The van der Waals surface area contributed by atoms with Crippen LogP contribution in [0, 0.1) is 6.92 Å². The lowest BCUT2D eigenvalue weighted by Crippen LogP contribution is -2.15. The number of rotatable bonds is 5. The molecule has 0 spiro atoms. The second-order valence-electron chi connectivity index (χ2n) is 6.04. The average molecular weight is 445 g/mol. The highest BCUT2D eigenvalue weighted by molar-refractivity contribution is 8.00. The first-order valence-corrected chi connectivity index (χ1v) is 10.3. The van der Waals surface area contributed by atoms with E-state index in [0.717, 1.165) is 11.1 Å². The molecule has 7 nitrogen and oxygen atoms in total. The zero-order chi connectivity index (χ0) is 20.4. The topological polar surface area (TPSA) is 85.6 Å². The van der Waals surface area contributed by atoms with E-state index in [0.29, 0.717) is 26.3 Å². The summed E-state index contributed by atoms with van der Waals surface area (Å²) in [5.41, 5.74) is 2.23. The number of carbonyl (C=O) groups is 1. The third kappa shape index (κ3) is 4.05. The predicted molar refractivity (Wildman–Crippen MR) is 115 cm³/mol. The lowest BCUT2D eigenvalue weighted by atomic mass is 10.3. The third-order valence-corrected chi connectivity index (χ3v) is 5.98. The van der Waals surface area contributed by atoms with Crippen molar-refractivity contribution in [3.8, 4) is 5.69 Å². The fourth-order valence-electron chi connectivity index (χ4n) is 2.64. The van der Waals surface area contributed by atoms with Crippen LogP contribution in [0.5, 0.6) is 0 Å². The van der Waals surface area contributed by atoms with Crippen LogP contribution in [0.4, 0.5) is 5.82 Å². The van der Waals surface area contributed by atoms with Gasteiger partial charge in [0.05, 0.1) is 33.1 Å². The van der Waals surface area contributed by atoms with Crippen LogP contribution in [0.25, 0.3) is 16.7 Å². The number of para-hydroxylation sites is 1. The summed E-state index contributed by atoms with van der Waals surface area (Å²) in [4.78, 5) is 25.1. The second kappa shape index (κ2) is 8.36. The highest BCUT2D eigenvalue weighted by atomic mass is 35.5. The first-order valence-electron chi connectivity index (χ1n) is 8.52. The molecule has 0 aliphatic carbocycles. The van der Waals surface area contributed by atoms with Crippen LogP contribution in [-0.2, 0) is 4.79 Å². The van der Waals surface area contributed by atoms with Gasteiger partial charge >= 0.3 is 0 Å². The summed E-state index contributed by atoms with van der Waals surface area (Å²) in [5.74, 6) is 0.153. The number of hydrogen-bond acceptors (Lipinski definition) is 6. The van der Waals surface area contributed by atoms with Gasteiger partial charge in [-0.1, -0.05) is 53.2 Å². The summed E-state index contributed by atoms with van der Waals surface area (Å²) in [5, 5.41) is 9.32. The number of thioether (sulfide) groups is 1. The summed E-state index contributed by atoms with van der Waals surface area (Å²) < 4.78 is 1.74. The van der Waals surface area contributed by atoms with Crippen molar-refractivity contribution in [2.45, 2.75) is 11.9 Å². The van der Waals surface area contributed by atoms with E-state index in [1.165, 1.54) is 24.3 Å². The molecule has 0 fully saturated rings. The first-order chi connectivity index (χ1) is 14.0. The Morgan fingerprint density at radius 2 is 1.93 bits per heavy atom. The van der Waals surface area contributed by atoms with Crippen LogP contribution in [0.15, 0.2) is 54.1 Å². The van der Waals surface area contributed by atoms with Crippen molar-refractivity contribution in [1.82, 2.24) is 24.7 Å². The molecule has 10 heteroatoms. The standard InChI is InChI=1S/C19H14Cl2N6OS/c1-11-14(20)8-22-17(16(11)21)26-15(28)9-29-19-13-7-25-27(18(13)23-10-24-19)12-5-3-2-4-6-12/h2-8,10H,9H2,1H3,(H,22,26,28). The molecule has 3 heterocycles. The molecule has 0 atom stereocenters. The van der Waals surface area contributed by atoms with Crippen molar-refractivity contribution < 1.29 is 4.79 Å². The maximum Gasteiger partial charge on any atom is 0.235 e. The molecule has 1 aromatic carbocycles. The highest BCUT2D eigenvalue weighted by Gasteiger charge is 2.15. The SMILES string of the molecule is Cc1c(Cl)cnc(NC(=O)CSc2ncnc3c2cnn3-c2ccccc2)c1Cl. The number of fused-ring (bicyclic) bond motifs is 1. The van der Waals surface area contributed by atoms with Gasteiger partial charge < -0.3 is 5.32 Å². The van der Waals surface area contributed by atoms with Gasteiger partial charge in [0.15, 0.2) is 11.5 Å². The number of nitrogens with zero attached hydrogens (tertiary/aromatic N) is 5. The lowest BCUT2D eigenvalue weighted by Gasteiger charge is -2.09. The van der Waals surface area contributed by atoms with Crippen LogP contribution in [-0.4, -0.2) is 36.4 Å². The van der Waals surface area contributed by atoms with Gasteiger partial charge in [-0.15, -0.1) is 0 Å². The van der Waals surface area contributed by atoms with Crippen molar-refractivity contribution in [2.75, 3.05) is 11.1 Å². The molecule has 4 rings (SSSR count). The number of pyridine rings is 1. The van der Waals surface area contributed by atoms with Gasteiger partial charge in [-0.05, 0) is 24.6 Å². The van der Waals surface area contributed by atoms with E-state index in [1.807, 2.05) is 30.3 Å². The number of amides is 1. The van der Waals surface area contributed by atoms with Crippen molar-refractivity contribution in [3.05, 3.63) is 64.7 Å². The number of nitrogens with one attached hydrogen (secondary N) is 1. The maximum atomic E-state index is 12.4. The predicted octanol–water partition coefficient (Wildman–Crippen LogP) is 4.56. The Morgan fingerprint density at radius 3 is 2.72 bits per heavy atom. The molecule has 3 aromatic heterocycles. The van der Waals surface area contributed by atoms with Gasteiger partial charge in [0.1, 0.15) is 11.4 Å². The number of aromatic nitrogens is 5. The van der Waals surface area contributed by atoms with Gasteiger partial charge in [0, 0.05) is 6.20 Å². The molecule has 0 unspecified atom stereocenters. The molecule has 0 saturated carbocycles. The minimum atomic E-state index is -0.256. The quantitative estimate of drug-likeness (QED) is 0.358. The third-order valence-electron chi connectivity index (χ3n) is 4.13. The van der Waals surface area contributed by atoms with Gasteiger partial charge in [0.25, 0.3) is 0 Å². The number of carbonyl (C=O) groups excluding carboxylic acids is 1. The van der Waals surface area contributed by atoms with Crippen LogP contribution < -0.4 is 5.32 Å². The van der Waals surface area contributed by atoms with E-state index in [9.17, 15) is 4.79 Å². The molecule has 4 aromatic rings. The first kappa shape index (κ1) is 19.6. The van der Waals surface area contributed by atoms with Crippen LogP contribution in [0.3, 0.4) is 0 Å². The fraction of sp³-hybridized carbons (Fsp3) is 0.105. The number of anilines is 1. The minimum absolute atomic E-state index is 0.127. The largest absolute Gasteiger partial charge is 0.309 e. The second-order valence-corrected chi connectivity index (χ2v) is 7.79. The van der Waals surface area contributed by atoms with Crippen molar-refractivity contribution >= 4 is 57.7 Å². The Hall–Kier alpha value is -2.68. The maximum absolute atomic E-state index is 12.4. The van der Waals surface area contributed by atoms with Gasteiger partial charge in [-0.25, -0.2) is 19.6 Å². The monoisotopic (exact) mass is 444 g/mol. The van der Waals surface area contributed by atoms with Gasteiger partial charge in [-0.2, -0.15) is 5.10 Å². The highest BCUT2D eigenvalue weighted by Crippen LogP contribution is 2.29.